The van der Waals surface area contributed by atoms with E-state index in [-0.39, 0.29) is 6.10 Å². The summed E-state index contributed by atoms with van der Waals surface area (Å²) in [5.41, 5.74) is 0.993. The molecule has 1 aliphatic rings. The number of nitrogens with zero attached hydrogens (tertiary/aromatic N) is 2. The Balaban J connectivity index is 1.82. The molecule has 1 unspecified atom stereocenters. The second kappa shape index (κ2) is 6.93. The predicted octanol–water partition coefficient (Wildman–Crippen LogP) is 3.69. The molecule has 1 aliphatic carbocycles. The molecule has 1 aromatic heterocycles. The Morgan fingerprint density at radius 2 is 2.17 bits per heavy atom. The molecule has 1 N–H and O–H groups in total. The van der Waals surface area contributed by atoms with Crippen LogP contribution in [-0.4, -0.2) is 14.9 Å². The molecule has 0 spiro atoms. The Morgan fingerprint density at radius 3 is 2.89 bits per heavy atom. The SMILES string of the molecule is CCCn1nccc1C(O)CCC1CCCCC1. The van der Waals surface area contributed by atoms with Crippen LogP contribution >= 0.6 is 0 Å². The van der Waals surface area contributed by atoms with E-state index in [1.54, 1.807) is 6.20 Å². The van der Waals surface area contributed by atoms with Crippen LogP contribution in [0.15, 0.2) is 12.3 Å². The zero-order valence-corrected chi connectivity index (χ0v) is 11.5. The molecule has 2 rings (SSSR count). The fourth-order valence-electron chi connectivity index (χ4n) is 3.04. The van der Waals surface area contributed by atoms with Gasteiger partial charge in [-0.1, -0.05) is 39.0 Å². The summed E-state index contributed by atoms with van der Waals surface area (Å²) in [4.78, 5) is 0. The summed E-state index contributed by atoms with van der Waals surface area (Å²) in [7, 11) is 0. The largest absolute Gasteiger partial charge is 0.387 e. The Bertz CT molecular complexity index is 342. The fraction of sp³-hybridized carbons (Fsp3) is 0.800. The Hall–Kier alpha value is -0.830. The summed E-state index contributed by atoms with van der Waals surface area (Å²) >= 11 is 0. The molecule has 1 atom stereocenters. The lowest BCUT2D eigenvalue weighted by Gasteiger charge is -2.22. The van der Waals surface area contributed by atoms with Crippen molar-refractivity contribution in [1.82, 2.24) is 9.78 Å². The average Bonchev–Trinajstić information content (AvgIpc) is 2.86. The summed E-state index contributed by atoms with van der Waals surface area (Å²) < 4.78 is 1.95. The van der Waals surface area contributed by atoms with Gasteiger partial charge in [0.2, 0.25) is 0 Å². The lowest BCUT2D eigenvalue weighted by atomic mass is 9.85. The molecule has 0 radical (unpaired) electrons. The Labute approximate surface area is 110 Å². The van der Waals surface area contributed by atoms with Gasteiger partial charge in [-0.2, -0.15) is 5.10 Å². The quantitative estimate of drug-likeness (QED) is 0.836. The molecule has 3 nitrogen and oxygen atoms in total. The summed E-state index contributed by atoms with van der Waals surface area (Å²) in [5, 5.41) is 14.6. The molecule has 0 amide bonds. The van der Waals surface area contributed by atoms with Crippen LogP contribution in [0, 0.1) is 5.92 Å². The van der Waals surface area contributed by atoms with Crippen molar-refractivity contribution in [2.24, 2.45) is 5.92 Å². The van der Waals surface area contributed by atoms with Crippen molar-refractivity contribution in [2.75, 3.05) is 0 Å². The van der Waals surface area contributed by atoms with Crippen LogP contribution in [0.2, 0.25) is 0 Å². The van der Waals surface area contributed by atoms with E-state index in [0.717, 1.165) is 31.0 Å². The highest BCUT2D eigenvalue weighted by Gasteiger charge is 2.17. The van der Waals surface area contributed by atoms with Crippen LogP contribution in [0.3, 0.4) is 0 Å². The summed E-state index contributed by atoms with van der Waals surface area (Å²) in [6.07, 6.45) is 11.5. The van der Waals surface area contributed by atoms with E-state index in [0.29, 0.717) is 0 Å². The maximum Gasteiger partial charge on any atom is 0.0956 e. The molecule has 0 aromatic carbocycles. The molecule has 3 heteroatoms. The summed E-state index contributed by atoms with van der Waals surface area (Å²) in [6, 6.07) is 1.96. The second-order valence-corrected chi connectivity index (χ2v) is 5.58. The lowest BCUT2D eigenvalue weighted by Crippen LogP contribution is -2.12. The van der Waals surface area contributed by atoms with Crippen molar-refractivity contribution in [3.8, 4) is 0 Å². The van der Waals surface area contributed by atoms with Crippen molar-refractivity contribution in [3.05, 3.63) is 18.0 Å². The van der Waals surface area contributed by atoms with Crippen LogP contribution in [-0.2, 0) is 6.54 Å². The molecule has 102 valence electrons. The first-order valence-electron chi connectivity index (χ1n) is 7.51. The lowest BCUT2D eigenvalue weighted by molar-refractivity contribution is 0.141. The van der Waals surface area contributed by atoms with Gasteiger partial charge in [0.15, 0.2) is 0 Å². The monoisotopic (exact) mass is 250 g/mol. The molecular weight excluding hydrogens is 224 g/mol. The van der Waals surface area contributed by atoms with Gasteiger partial charge in [-0.05, 0) is 31.2 Å². The van der Waals surface area contributed by atoms with Gasteiger partial charge in [-0.3, -0.25) is 4.68 Å². The van der Waals surface area contributed by atoms with Gasteiger partial charge in [0.25, 0.3) is 0 Å². The van der Waals surface area contributed by atoms with Crippen molar-refractivity contribution >= 4 is 0 Å². The van der Waals surface area contributed by atoms with Gasteiger partial charge in [-0.25, -0.2) is 0 Å². The van der Waals surface area contributed by atoms with E-state index in [1.807, 2.05) is 10.7 Å². The van der Waals surface area contributed by atoms with Gasteiger partial charge in [-0.15, -0.1) is 0 Å². The highest BCUT2D eigenvalue weighted by Crippen LogP contribution is 2.30. The minimum Gasteiger partial charge on any atom is -0.387 e. The predicted molar refractivity (Wildman–Crippen MR) is 73.3 cm³/mol. The number of hydrogen-bond donors (Lipinski definition) is 1. The Kier molecular flexibility index (Phi) is 5.24. The summed E-state index contributed by atoms with van der Waals surface area (Å²) in [6.45, 7) is 3.04. The van der Waals surface area contributed by atoms with E-state index >= 15 is 0 Å². The fourth-order valence-corrected chi connectivity index (χ4v) is 3.04. The second-order valence-electron chi connectivity index (χ2n) is 5.58. The van der Waals surface area contributed by atoms with Gasteiger partial charge >= 0.3 is 0 Å². The molecule has 18 heavy (non-hydrogen) atoms. The van der Waals surface area contributed by atoms with Crippen LogP contribution in [0.5, 0.6) is 0 Å². The molecule has 1 heterocycles. The first-order chi connectivity index (χ1) is 8.81. The van der Waals surface area contributed by atoms with Crippen LogP contribution in [0.25, 0.3) is 0 Å². The maximum absolute atomic E-state index is 10.3. The highest BCUT2D eigenvalue weighted by molar-refractivity contribution is 5.04. The highest BCUT2D eigenvalue weighted by atomic mass is 16.3. The zero-order valence-electron chi connectivity index (χ0n) is 11.5. The third-order valence-electron chi connectivity index (χ3n) is 4.10. The number of hydrogen-bond acceptors (Lipinski definition) is 2. The van der Waals surface area contributed by atoms with E-state index in [1.165, 1.54) is 38.5 Å². The van der Waals surface area contributed by atoms with E-state index in [2.05, 4.69) is 12.0 Å². The van der Waals surface area contributed by atoms with Crippen molar-refractivity contribution in [2.45, 2.75) is 70.9 Å². The molecule has 1 saturated carbocycles. The third kappa shape index (κ3) is 3.58. The first-order valence-corrected chi connectivity index (χ1v) is 7.51. The molecule has 0 bridgehead atoms. The van der Waals surface area contributed by atoms with Gasteiger partial charge < -0.3 is 5.11 Å². The van der Waals surface area contributed by atoms with Gasteiger partial charge in [0.1, 0.15) is 0 Å². The van der Waals surface area contributed by atoms with Crippen LogP contribution in [0.1, 0.15) is 70.1 Å². The van der Waals surface area contributed by atoms with E-state index < -0.39 is 0 Å². The zero-order chi connectivity index (χ0) is 12.8. The number of rotatable bonds is 6. The molecule has 1 fully saturated rings. The van der Waals surface area contributed by atoms with Gasteiger partial charge in [0, 0.05) is 12.7 Å². The Morgan fingerprint density at radius 1 is 1.39 bits per heavy atom. The summed E-state index contributed by atoms with van der Waals surface area (Å²) in [5.74, 6) is 0.843. The van der Waals surface area contributed by atoms with Crippen molar-refractivity contribution in [1.29, 1.82) is 0 Å². The number of aromatic nitrogens is 2. The minimum atomic E-state index is -0.332. The van der Waals surface area contributed by atoms with Crippen molar-refractivity contribution in [3.63, 3.8) is 0 Å². The molecule has 0 aliphatic heterocycles. The average molecular weight is 250 g/mol. The van der Waals surface area contributed by atoms with E-state index in [9.17, 15) is 5.11 Å². The van der Waals surface area contributed by atoms with Crippen molar-refractivity contribution < 1.29 is 5.11 Å². The smallest absolute Gasteiger partial charge is 0.0956 e. The van der Waals surface area contributed by atoms with Gasteiger partial charge in [0.05, 0.1) is 11.8 Å². The minimum absolute atomic E-state index is 0.332. The van der Waals surface area contributed by atoms with E-state index in [4.69, 9.17) is 0 Å². The number of aliphatic hydroxyl groups excluding tert-OH is 1. The molecule has 1 aromatic rings. The first kappa shape index (κ1) is 13.6. The molecular formula is C15H26N2O. The normalized spacial score (nSPS) is 19.0. The van der Waals surface area contributed by atoms with Crippen LogP contribution in [0.4, 0.5) is 0 Å². The van der Waals surface area contributed by atoms with Crippen LogP contribution < -0.4 is 0 Å². The third-order valence-corrected chi connectivity index (χ3v) is 4.10. The number of aliphatic hydroxyl groups is 1. The maximum atomic E-state index is 10.3. The standard InChI is InChI=1S/C15H26N2O/c1-2-12-17-14(10-11-16-17)15(18)9-8-13-6-4-3-5-7-13/h10-11,13,15,18H,2-9,12H2,1H3. The topological polar surface area (TPSA) is 38.0 Å². The molecule has 0 saturated heterocycles. The number of aryl methyl sites for hydroxylation is 1.